The van der Waals surface area contributed by atoms with Crippen molar-refractivity contribution in [1.29, 1.82) is 0 Å². The summed E-state index contributed by atoms with van der Waals surface area (Å²) in [5, 5.41) is 11.9. The lowest BCUT2D eigenvalue weighted by molar-refractivity contribution is -0.133. The number of hydrogen-bond acceptors (Lipinski definition) is 4. The minimum Gasteiger partial charge on any atom is -0.491 e. The minimum atomic E-state index is -1.49. The van der Waals surface area contributed by atoms with Crippen molar-refractivity contribution in [2.45, 2.75) is 92.0 Å². The van der Waals surface area contributed by atoms with Gasteiger partial charge >= 0.3 is 0 Å². The van der Waals surface area contributed by atoms with Crippen molar-refractivity contribution in [2.75, 3.05) is 0 Å². The van der Waals surface area contributed by atoms with Crippen LogP contribution in [0.2, 0.25) is 0 Å². The molecule has 0 aromatic carbocycles. The Morgan fingerprint density at radius 2 is 1.75 bits per heavy atom. The Hall–Kier alpha value is -1.29. The molecule has 1 N–H and O–H groups in total. The van der Waals surface area contributed by atoms with E-state index in [1.165, 1.54) is 6.42 Å². The van der Waals surface area contributed by atoms with E-state index in [0.717, 1.165) is 24.8 Å². The highest BCUT2D eigenvalue weighted by molar-refractivity contribution is 6.07. The summed E-state index contributed by atoms with van der Waals surface area (Å²) in [4.78, 5) is 13.5. The zero-order valence-corrected chi connectivity index (χ0v) is 18.5. The predicted molar refractivity (Wildman–Crippen MR) is 108 cm³/mol. The van der Waals surface area contributed by atoms with Crippen molar-refractivity contribution < 1.29 is 19.4 Å². The summed E-state index contributed by atoms with van der Waals surface area (Å²) in [6.45, 7) is 14.7. The molecule has 1 spiro atoms. The molecular weight excluding hydrogens is 352 g/mol. The SMILES string of the molecule is CC(C)OC1=C(OC(C)C)[C@@H]2C[C@@]34CC[C@@H](C(C)C)[C@]3(C)CC=C4[C@]2(O)C1=O. The first-order chi connectivity index (χ1) is 13.0. The zero-order valence-electron chi connectivity index (χ0n) is 18.5. The molecule has 0 aromatic rings. The summed E-state index contributed by atoms with van der Waals surface area (Å²) in [7, 11) is 0. The first-order valence-electron chi connectivity index (χ1n) is 11.0. The third-order valence-corrected chi connectivity index (χ3v) is 8.12. The molecule has 4 rings (SSSR count). The van der Waals surface area contributed by atoms with Gasteiger partial charge in [0, 0.05) is 5.41 Å². The maximum Gasteiger partial charge on any atom is 0.237 e. The van der Waals surface area contributed by atoms with Crippen LogP contribution in [0, 0.1) is 28.6 Å². The second-order valence-corrected chi connectivity index (χ2v) is 10.6. The summed E-state index contributed by atoms with van der Waals surface area (Å²) < 4.78 is 12.0. The highest BCUT2D eigenvalue weighted by Gasteiger charge is 2.75. The van der Waals surface area contributed by atoms with E-state index in [1.807, 2.05) is 27.7 Å². The molecule has 0 amide bonds. The number of fused-ring (bicyclic) bond motifs is 2. The van der Waals surface area contributed by atoms with Crippen LogP contribution in [0.15, 0.2) is 23.2 Å². The van der Waals surface area contributed by atoms with E-state index < -0.39 is 5.60 Å². The monoisotopic (exact) mass is 388 g/mol. The van der Waals surface area contributed by atoms with Crippen LogP contribution in [0.25, 0.3) is 0 Å². The molecule has 0 aromatic heterocycles. The van der Waals surface area contributed by atoms with E-state index in [0.29, 0.717) is 17.6 Å². The molecule has 0 radical (unpaired) electrons. The fourth-order valence-electron chi connectivity index (χ4n) is 7.12. The maximum atomic E-state index is 13.5. The lowest BCUT2D eigenvalue weighted by Crippen LogP contribution is -2.43. The van der Waals surface area contributed by atoms with Gasteiger partial charge in [-0.05, 0) is 76.2 Å². The maximum absolute atomic E-state index is 13.5. The van der Waals surface area contributed by atoms with E-state index in [4.69, 9.17) is 9.47 Å². The van der Waals surface area contributed by atoms with Gasteiger partial charge in [0.15, 0.2) is 5.60 Å². The topological polar surface area (TPSA) is 55.8 Å². The minimum absolute atomic E-state index is 0.0683. The molecule has 0 heterocycles. The largest absolute Gasteiger partial charge is 0.491 e. The number of carbonyl (C=O) groups is 1. The van der Waals surface area contributed by atoms with Crippen LogP contribution in [-0.4, -0.2) is 28.7 Å². The lowest BCUT2D eigenvalue weighted by atomic mass is 9.60. The van der Waals surface area contributed by atoms with Gasteiger partial charge in [0.25, 0.3) is 0 Å². The van der Waals surface area contributed by atoms with Crippen molar-refractivity contribution in [1.82, 2.24) is 0 Å². The average Bonchev–Trinajstić information content (AvgIpc) is 3.16. The molecule has 0 saturated heterocycles. The van der Waals surface area contributed by atoms with Crippen LogP contribution in [0.3, 0.4) is 0 Å². The number of ether oxygens (including phenoxy) is 2. The molecule has 4 heteroatoms. The van der Waals surface area contributed by atoms with E-state index in [1.54, 1.807) is 0 Å². The Balaban J connectivity index is 1.81. The number of Topliss-reactive ketones (excluding diaryl/α,β-unsaturated/α-hetero) is 1. The lowest BCUT2D eigenvalue weighted by Gasteiger charge is -2.43. The van der Waals surface area contributed by atoms with Gasteiger partial charge in [-0.3, -0.25) is 4.79 Å². The summed E-state index contributed by atoms with van der Waals surface area (Å²) in [6, 6.07) is 0. The van der Waals surface area contributed by atoms with Crippen LogP contribution in [0.1, 0.15) is 74.1 Å². The normalized spacial score (nSPS) is 41.8. The molecule has 0 aliphatic heterocycles. The second kappa shape index (κ2) is 6.10. The first kappa shape index (κ1) is 20.0. The highest BCUT2D eigenvalue weighted by atomic mass is 16.5. The van der Waals surface area contributed by atoms with Crippen molar-refractivity contribution in [3.05, 3.63) is 23.2 Å². The molecule has 5 atom stereocenters. The number of allylic oxidation sites excluding steroid dienone is 1. The molecule has 2 fully saturated rings. The van der Waals surface area contributed by atoms with E-state index in [-0.39, 0.29) is 40.5 Å². The van der Waals surface area contributed by atoms with E-state index in [9.17, 15) is 9.90 Å². The molecule has 4 aliphatic carbocycles. The second-order valence-electron chi connectivity index (χ2n) is 10.6. The van der Waals surface area contributed by atoms with Crippen molar-refractivity contribution in [2.24, 2.45) is 28.6 Å². The summed E-state index contributed by atoms with van der Waals surface area (Å²) in [5.74, 6) is 1.43. The Morgan fingerprint density at radius 3 is 2.32 bits per heavy atom. The molecule has 156 valence electrons. The molecule has 4 aliphatic rings. The third kappa shape index (κ3) is 2.24. The quantitative estimate of drug-likeness (QED) is 0.689. The van der Waals surface area contributed by atoms with Gasteiger partial charge in [-0.2, -0.15) is 0 Å². The van der Waals surface area contributed by atoms with Gasteiger partial charge in [-0.1, -0.05) is 26.8 Å². The summed E-state index contributed by atoms with van der Waals surface area (Å²) in [6.07, 6.45) is 5.95. The number of ketones is 1. The van der Waals surface area contributed by atoms with Crippen molar-refractivity contribution >= 4 is 5.78 Å². The predicted octanol–water partition coefficient (Wildman–Crippen LogP) is 4.77. The highest BCUT2D eigenvalue weighted by Crippen LogP contribution is 2.76. The van der Waals surface area contributed by atoms with E-state index >= 15 is 0 Å². The Kier molecular flexibility index (Phi) is 4.36. The number of aliphatic hydroxyl groups is 1. The zero-order chi connectivity index (χ0) is 20.6. The standard InChI is InChI=1S/C24H36O4/c1-13(2)16-8-11-23-12-17-19(27-14(3)4)20(28-15(5)6)21(25)24(17,26)18(23)9-10-22(16,23)7/h9,13-17,26H,8,10-12H2,1-7H3/t16-,17-,22-,23+,24-/m0/s1. The van der Waals surface area contributed by atoms with Gasteiger partial charge in [0.05, 0.1) is 18.1 Å². The van der Waals surface area contributed by atoms with Crippen LogP contribution in [-0.2, 0) is 14.3 Å². The molecule has 28 heavy (non-hydrogen) atoms. The summed E-state index contributed by atoms with van der Waals surface area (Å²) in [5.41, 5.74) is -0.504. The number of rotatable bonds is 5. The Labute approximate surface area is 169 Å². The van der Waals surface area contributed by atoms with Crippen LogP contribution in [0.5, 0.6) is 0 Å². The Morgan fingerprint density at radius 1 is 1.11 bits per heavy atom. The van der Waals surface area contributed by atoms with Crippen LogP contribution < -0.4 is 0 Å². The smallest absolute Gasteiger partial charge is 0.237 e. The van der Waals surface area contributed by atoms with Gasteiger partial charge in [0.2, 0.25) is 11.5 Å². The molecule has 0 unspecified atom stereocenters. The van der Waals surface area contributed by atoms with Crippen molar-refractivity contribution in [3.63, 3.8) is 0 Å². The molecule has 4 nitrogen and oxygen atoms in total. The third-order valence-electron chi connectivity index (χ3n) is 8.12. The molecular formula is C24H36O4. The van der Waals surface area contributed by atoms with E-state index in [2.05, 4.69) is 26.8 Å². The fourth-order valence-corrected chi connectivity index (χ4v) is 7.12. The number of hydrogen-bond donors (Lipinski definition) is 1. The number of carbonyl (C=O) groups excluding carboxylic acids is 1. The Bertz CT molecular complexity index is 761. The first-order valence-corrected chi connectivity index (χ1v) is 11.0. The van der Waals surface area contributed by atoms with Gasteiger partial charge in [0.1, 0.15) is 5.76 Å². The van der Waals surface area contributed by atoms with Gasteiger partial charge in [-0.25, -0.2) is 0 Å². The summed E-state index contributed by atoms with van der Waals surface area (Å²) >= 11 is 0. The molecule has 0 bridgehead atoms. The average molecular weight is 389 g/mol. The van der Waals surface area contributed by atoms with Crippen molar-refractivity contribution in [3.8, 4) is 0 Å². The fraction of sp³-hybridized carbons (Fsp3) is 0.792. The van der Waals surface area contributed by atoms with Gasteiger partial charge in [-0.15, -0.1) is 0 Å². The molecule has 2 saturated carbocycles. The van der Waals surface area contributed by atoms with Crippen LogP contribution >= 0.6 is 0 Å². The van der Waals surface area contributed by atoms with Crippen LogP contribution in [0.4, 0.5) is 0 Å². The van der Waals surface area contributed by atoms with Gasteiger partial charge < -0.3 is 14.6 Å².